The van der Waals surface area contributed by atoms with E-state index in [1.807, 2.05) is 0 Å². The van der Waals surface area contributed by atoms with E-state index in [9.17, 15) is 23.2 Å². The Labute approximate surface area is 180 Å². The lowest BCUT2D eigenvalue weighted by Crippen LogP contribution is -2.30. The van der Waals surface area contributed by atoms with Crippen LogP contribution in [0.15, 0.2) is 34.9 Å². The van der Waals surface area contributed by atoms with Crippen LogP contribution in [0.4, 0.5) is 14.6 Å². The SMILES string of the molecule is Cc1cc(NC(=O)CSCC(=O)OCC(=O)NCCc2ccc(OC(F)F)cc2)no1. The highest BCUT2D eigenvalue weighted by Crippen LogP contribution is 2.15. The highest BCUT2D eigenvalue weighted by atomic mass is 32.2. The zero-order valence-corrected chi connectivity index (χ0v) is 17.4. The summed E-state index contributed by atoms with van der Waals surface area (Å²) in [5, 5.41) is 8.72. The van der Waals surface area contributed by atoms with Gasteiger partial charge < -0.3 is 24.6 Å². The van der Waals surface area contributed by atoms with Crippen molar-refractivity contribution in [2.75, 3.05) is 30.0 Å². The molecular weight excluding hydrogens is 436 g/mol. The van der Waals surface area contributed by atoms with Crippen molar-refractivity contribution in [2.24, 2.45) is 0 Å². The van der Waals surface area contributed by atoms with E-state index in [0.717, 1.165) is 17.3 Å². The first-order valence-electron chi connectivity index (χ1n) is 9.09. The molecule has 0 saturated heterocycles. The fraction of sp³-hybridized carbons (Fsp3) is 0.368. The number of rotatable bonds is 12. The Kier molecular flexibility index (Phi) is 9.75. The Morgan fingerprint density at radius 3 is 2.55 bits per heavy atom. The number of aryl methyl sites for hydroxylation is 1. The van der Waals surface area contributed by atoms with Crippen LogP contribution in [0.25, 0.3) is 0 Å². The van der Waals surface area contributed by atoms with E-state index in [0.29, 0.717) is 18.0 Å². The van der Waals surface area contributed by atoms with Gasteiger partial charge >= 0.3 is 12.6 Å². The first-order chi connectivity index (χ1) is 14.8. The molecule has 0 spiro atoms. The highest BCUT2D eigenvalue weighted by molar-refractivity contribution is 8.00. The summed E-state index contributed by atoms with van der Waals surface area (Å²) in [4.78, 5) is 35.1. The zero-order chi connectivity index (χ0) is 22.6. The molecule has 0 fully saturated rings. The Morgan fingerprint density at radius 1 is 1.16 bits per heavy atom. The Hall–Kier alpha value is -3.15. The second-order valence-electron chi connectivity index (χ2n) is 6.15. The molecule has 1 aromatic carbocycles. The fourth-order valence-corrected chi connectivity index (χ4v) is 2.86. The van der Waals surface area contributed by atoms with Crippen LogP contribution in [0.2, 0.25) is 0 Å². The fourth-order valence-electron chi connectivity index (χ4n) is 2.25. The monoisotopic (exact) mass is 457 g/mol. The van der Waals surface area contributed by atoms with Gasteiger partial charge in [0.25, 0.3) is 5.91 Å². The minimum absolute atomic E-state index is 0.00828. The number of esters is 1. The van der Waals surface area contributed by atoms with Gasteiger partial charge in [-0.1, -0.05) is 17.3 Å². The van der Waals surface area contributed by atoms with E-state index in [-0.39, 0.29) is 29.7 Å². The lowest BCUT2D eigenvalue weighted by Gasteiger charge is -2.08. The lowest BCUT2D eigenvalue weighted by atomic mass is 10.1. The summed E-state index contributed by atoms with van der Waals surface area (Å²) in [6.07, 6.45) is 0.463. The number of thioether (sulfide) groups is 1. The molecule has 1 heterocycles. The molecule has 2 amide bonds. The molecule has 0 atom stereocenters. The number of hydrogen-bond acceptors (Lipinski definition) is 8. The third-order valence-corrected chi connectivity index (χ3v) is 4.50. The van der Waals surface area contributed by atoms with Gasteiger partial charge in [0, 0.05) is 12.6 Å². The second-order valence-corrected chi connectivity index (χ2v) is 7.13. The lowest BCUT2D eigenvalue weighted by molar-refractivity contribution is -0.145. The van der Waals surface area contributed by atoms with Gasteiger partial charge in [-0.2, -0.15) is 8.78 Å². The maximum Gasteiger partial charge on any atom is 0.387 e. The number of benzene rings is 1. The average Bonchev–Trinajstić information content (AvgIpc) is 3.12. The van der Waals surface area contributed by atoms with Crippen LogP contribution >= 0.6 is 11.8 Å². The summed E-state index contributed by atoms with van der Waals surface area (Å²) in [5.41, 5.74) is 0.814. The van der Waals surface area contributed by atoms with Crippen molar-refractivity contribution >= 4 is 35.4 Å². The van der Waals surface area contributed by atoms with Crippen molar-refractivity contribution in [1.82, 2.24) is 10.5 Å². The zero-order valence-electron chi connectivity index (χ0n) is 16.6. The summed E-state index contributed by atoms with van der Waals surface area (Å²) in [6, 6.07) is 7.61. The molecule has 9 nitrogen and oxygen atoms in total. The van der Waals surface area contributed by atoms with E-state index in [1.165, 1.54) is 12.1 Å². The highest BCUT2D eigenvalue weighted by Gasteiger charge is 2.11. The molecule has 1 aromatic heterocycles. The number of hydrogen-bond donors (Lipinski definition) is 2. The molecule has 0 aliphatic heterocycles. The van der Waals surface area contributed by atoms with Crippen LogP contribution in [-0.4, -0.2) is 54.2 Å². The van der Waals surface area contributed by atoms with E-state index in [2.05, 4.69) is 20.5 Å². The normalized spacial score (nSPS) is 10.6. The smallest absolute Gasteiger partial charge is 0.387 e. The molecule has 0 saturated carbocycles. The quantitative estimate of drug-likeness (QED) is 0.466. The molecule has 0 aliphatic rings. The minimum Gasteiger partial charge on any atom is -0.455 e. The van der Waals surface area contributed by atoms with E-state index in [4.69, 9.17) is 9.26 Å². The number of amides is 2. The number of alkyl halides is 2. The summed E-state index contributed by atoms with van der Waals surface area (Å²) >= 11 is 1.03. The second kappa shape index (κ2) is 12.5. The maximum atomic E-state index is 12.1. The number of nitrogens with one attached hydrogen (secondary N) is 2. The summed E-state index contributed by atoms with van der Waals surface area (Å²) in [5.74, 6) is -0.632. The standard InChI is InChI=1S/C19H21F2N3O6S/c1-12-8-15(24-30-12)23-17(26)10-31-11-18(27)28-9-16(25)22-7-6-13-2-4-14(5-3-13)29-19(20)21/h2-5,8,19H,6-7,9-11H2,1H3,(H,22,25)(H,23,24,26). The Balaban J connectivity index is 1.54. The van der Waals surface area contributed by atoms with E-state index >= 15 is 0 Å². The molecule has 2 N–H and O–H groups in total. The first-order valence-corrected chi connectivity index (χ1v) is 10.2. The molecule has 31 heavy (non-hydrogen) atoms. The number of nitrogens with zero attached hydrogens (tertiary/aromatic N) is 1. The molecule has 2 aromatic rings. The van der Waals surface area contributed by atoms with E-state index in [1.54, 1.807) is 25.1 Å². The molecule has 0 unspecified atom stereocenters. The van der Waals surface area contributed by atoms with Crippen LogP contribution in [0, 0.1) is 6.92 Å². The average molecular weight is 457 g/mol. The van der Waals surface area contributed by atoms with Crippen LogP contribution in [0.5, 0.6) is 5.75 Å². The largest absolute Gasteiger partial charge is 0.455 e. The van der Waals surface area contributed by atoms with Gasteiger partial charge in [0.15, 0.2) is 12.4 Å². The van der Waals surface area contributed by atoms with Crippen LogP contribution < -0.4 is 15.4 Å². The number of carbonyl (C=O) groups is 3. The third kappa shape index (κ3) is 9.94. The molecular formula is C19H21F2N3O6S. The third-order valence-electron chi connectivity index (χ3n) is 3.60. The molecule has 12 heteroatoms. The van der Waals surface area contributed by atoms with Crippen molar-refractivity contribution < 1.29 is 37.2 Å². The number of anilines is 1. The number of halogens is 2. The molecule has 0 radical (unpaired) electrons. The molecule has 2 rings (SSSR count). The summed E-state index contributed by atoms with van der Waals surface area (Å²) in [6.45, 7) is -1.35. The number of ether oxygens (including phenoxy) is 2. The minimum atomic E-state index is -2.88. The van der Waals surface area contributed by atoms with Crippen molar-refractivity contribution in [3.63, 3.8) is 0 Å². The molecule has 168 valence electrons. The van der Waals surface area contributed by atoms with Gasteiger partial charge in [0.1, 0.15) is 11.5 Å². The van der Waals surface area contributed by atoms with Crippen molar-refractivity contribution in [1.29, 1.82) is 0 Å². The van der Waals surface area contributed by atoms with Crippen molar-refractivity contribution in [3.05, 3.63) is 41.7 Å². The van der Waals surface area contributed by atoms with Crippen molar-refractivity contribution in [2.45, 2.75) is 20.0 Å². The van der Waals surface area contributed by atoms with Crippen LogP contribution in [-0.2, 0) is 25.5 Å². The summed E-state index contributed by atoms with van der Waals surface area (Å²) in [7, 11) is 0. The number of aromatic nitrogens is 1. The topological polar surface area (TPSA) is 120 Å². The van der Waals surface area contributed by atoms with E-state index < -0.39 is 25.1 Å². The molecule has 0 bridgehead atoms. The van der Waals surface area contributed by atoms with Gasteiger partial charge in [0.05, 0.1) is 11.5 Å². The Morgan fingerprint density at radius 2 is 1.90 bits per heavy atom. The van der Waals surface area contributed by atoms with Gasteiger partial charge in [-0.3, -0.25) is 14.4 Å². The number of carbonyl (C=O) groups excluding carboxylic acids is 3. The van der Waals surface area contributed by atoms with Gasteiger partial charge in [0.2, 0.25) is 5.91 Å². The maximum absolute atomic E-state index is 12.1. The van der Waals surface area contributed by atoms with Crippen molar-refractivity contribution in [3.8, 4) is 5.75 Å². The molecule has 0 aliphatic carbocycles. The van der Waals surface area contributed by atoms with Crippen LogP contribution in [0.3, 0.4) is 0 Å². The van der Waals surface area contributed by atoms with Gasteiger partial charge in [-0.15, -0.1) is 11.8 Å². The predicted octanol–water partition coefficient (Wildman–Crippen LogP) is 2.16. The van der Waals surface area contributed by atoms with Crippen LogP contribution in [0.1, 0.15) is 11.3 Å². The van der Waals surface area contributed by atoms with Gasteiger partial charge in [-0.25, -0.2) is 0 Å². The first kappa shape index (κ1) is 24.1. The van der Waals surface area contributed by atoms with Gasteiger partial charge in [-0.05, 0) is 31.0 Å². The summed E-state index contributed by atoms with van der Waals surface area (Å²) < 4.78 is 38.1. The predicted molar refractivity (Wildman–Crippen MR) is 108 cm³/mol. The Bertz CT molecular complexity index is 876.